The van der Waals surface area contributed by atoms with Gasteiger partial charge >= 0.3 is 0 Å². The van der Waals surface area contributed by atoms with E-state index in [9.17, 15) is 0 Å². The zero-order valence-corrected chi connectivity index (χ0v) is 52.3. The van der Waals surface area contributed by atoms with Crippen LogP contribution < -0.4 is 26.2 Å². The largest absolute Gasteiger partial charge is 0.311 e. The summed E-state index contributed by atoms with van der Waals surface area (Å²) in [5, 5.41) is 2.45. The van der Waals surface area contributed by atoms with E-state index in [2.05, 4.69) is 354 Å². The maximum Gasteiger partial charge on any atom is 0.252 e. The lowest BCUT2D eigenvalue weighted by molar-refractivity contribution is 0.794. The second-order valence-corrected chi connectivity index (χ2v) is 26.8. The van der Waals surface area contributed by atoms with Crippen LogP contribution in [0.1, 0.15) is 44.5 Å². The molecule has 0 N–H and O–H groups in total. The van der Waals surface area contributed by atoms with E-state index in [1.807, 2.05) is 0 Å². The smallest absolute Gasteiger partial charge is 0.252 e. The van der Waals surface area contributed by atoms with Crippen molar-refractivity contribution in [3.05, 3.63) is 384 Å². The van der Waals surface area contributed by atoms with Crippen LogP contribution >= 0.6 is 0 Å². The lowest BCUT2D eigenvalue weighted by Gasteiger charge is -2.46. The highest BCUT2D eigenvalue weighted by Crippen LogP contribution is 2.66. The van der Waals surface area contributed by atoms with Crippen LogP contribution in [0.3, 0.4) is 0 Å². The second kappa shape index (κ2) is 19.2. The summed E-state index contributed by atoms with van der Waals surface area (Å²) >= 11 is 0. The zero-order valence-electron chi connectivity index (χ0n) is 52.3. The van der Waals surface area contributed by atoms with Crippen molar-refractivity contribution in [2.75, 3.05) is 9.80 Å². The highest BCUT2D eigenvalue weighted by molar-refractivity contribution is 7.01. The second-order valence-electron chi connectivity index (χ2n) is 26.8. The maximum absolute atomic E-state index is 2.66. The van der Waals surface area contributed by atoms with Gasteiger partial charge in [-0.25, -0.2) is 0 Å². The predicted molar refractivity (Wildman–Crippen MR) is 398 cm³/mol. The van der Waals surface area contributed by atoms with Crippen molar-refractivity contribution < 1.29 is 0 Å². The first-order valence-electron chi connectivity index (χ1n) is 33.7. The molecular weight excluding hydrogens is 1160 g/mol. The van der Waals surface area contributed by atoms with Crippen molar-refractivity contribution in [2.45, 2.75) is 10.8 Å². The number of aromatic nitrogens is 1. The summed E-state index contributed by atoms with van der Waals surface area (Å²) in [6.07, 6.45) is 0. The average Bonchev–Trinajstić information content (AvgIpc) is 1.41. The number of para-hydroxylation sites is 2. The van der Waals surface area contributed by atoms with Crippen LogP contribution in [-0.4, -0.2) is 11.3 Å². The Bertz CT molecular complexity index is 5900. The number of rotatable bonds is 5. The summed E-state index contributed by atoms with van der Waals surface area (Å²) in [5.74, 6) is 0. The molecule has 22 rings (SSSR count). The lowest BCUT2D eigenvalue weighted by atomic mass is 9.32. The molecule has 16 aromatic rings. The molecule has 0 radical (unpaired) electrons. The monoisotopic (exact) mass is 1210 g/mol. The SMILES string of the molecule is c1ccc(-c2ccc(N3c4cc(-n5c6ccccc6c6ccccc65)cc5c4B(c4cc(-c6ccccc6)ccc4N5c4ccc5c(c4)-c4ccccc4C54c5ccccc5-c5ccccc54)c4c3ccc3c4C4(c5ccccc5-c5ccccc54)c4ccccc4-3)cc2)cc1. The topological polar surface area (TPSA) is 11.4 Å². The molecule has 0 amide bonds. The summed E-state index contributed by atoms with van der Waals surface area (Å²) in [7, 11) is 0. The van der Waals surface area contributed by atoms with Gasteiger partial charge in [-0.05, 0) is 188 Å². The van der Waals surface area contributed by atoms with Crippen molar-refractivity contribution in [2.24, 2.45) is 0 Å². The molecule has 2 aliphatic heterocycles. The van der Waals surface area contributed by atoms with Crippen LogP contribution in [0, 0.1) is 0 Å². The third-order valence-electron chi connectivity index (χ3n) is 22.6. The quantitative estimate of drug-likeness (QED) is 0.159. The van der Waals surface area contributed by atoms with E-state index < -0.39 is 10.8 Å². The predicted octanol–water partition coefficient (Wildman–Crippen LogP) is 20.9. The fraction of sp³-hybridized carbons (Fsp3) is 0.0217. The third kappa shape index (κ3) is 6.58. The van der Waals surface area contributed by atoms with E-state index in [0.29, 0.717) is 0 Å². The van der Waals surface area contributed by atoms with Crippen LogP contribution in [-0.2, 0) is 10.8 Å². The first-order chi connectivity index (χ1) is 47.7. The van der Waals surface area contributed by atoms with Gasteiger partial charge in [0.2, 0.25) is 0 Å². The average molecular weight is 1210 g/mol. The molecule has 2 spiro atoms. The molecule has 15 aromatic carbocycles. The summed E-state index contributed by atoms with van der Waals surface area (Å²) in [6.45, 7) is -0.252. The molecule has 4 heteroatoms. The summed E-state index contributed by atoms with van der Waals surface area (Å²) in [4.78, 5) is 5.32. The minimum absolute atomic E-state index is 0.252. The van der Waals surface area contributed by atoms with Gasteiger partial charge in [0.05, 0.1) is 27.6 Å². The minimum atomic E-state index is -0.650. The van der Waals surface area contributed by atoms with Crippen LogP contribution in [0.15, 0.2) is 340 Å². The van der Waals surface area contributed by atoms with E-state index in [-0.39, 0.29) is 6.71 Å². The summed E-state index contributed by atoms with van der Waals surface area (Å²) < 4.78 is 2.53. The molecular formula is C92H56BN3. The van der Waals surface area contributed by atoms with Gasteiger partial charge in [-0.15, -0.1) is 0 Å². The standard InChI is InChI=1S/C92H56BN3/c1-3-23-57(24-4-1)59-43-46-61(47-44-59)94-85-52-49-72-68-31-11-20-40-79(68)92(77-38-18-9-29-66(77)67-30-10-19-39-78(67)92)88(72)90(85)93-81-53-60(58-25-5-2-6-26-58)45-51-84(81)95(87-56-63(55-86(94)89(87)93)96-82-41-21-13-33-70(82)71-34-14-22-42-83(71)96)62-48-50-80-73(54-62)69-32-12-17-37-76(69)91(80)74-35-15-7-27-64(74)65-28-8-16-36-75(65)91/h1-56H. The molecule has 6 aliphatic rings. The summed E-state index contributed by atoms with van der Waals surface area (Å²) in [6, 6.07) is 130. The Balaban J connectivity index is 0.896. The van der Waals surface area contributed by atoms with Crippen LogP contribution in [0.5, 0.6) is 0 Å². The molecule has 4 aliphatic carbocycles. The maximum atomic E-state index is 2.66. The number of hydrogen-bond acceptors (Lipinski definition) is 2. The van der Waals surface area contributed by atoms with Gasteiger partial charge in [-0.3, -0.25) is 0 Å². The number of anilines is 6. The van der Waals surface area contributed by atoms with Gasteiger partial charge in [0, 0.05) is 44.9 Å². The van der Waals surface area contributed by atoms with E-state index in [1.165, 1.54) is 155 Å². The van der Waals surface area contributed by atoms with Crippen molar-refractivity contribution in [1.29, 1.82) is 0 Å². The van der Waals surface area contributed by atoms with Gasteiger partial charge in [-0.2, -0.15) is 0 Å². The van der Waals surface area contributed by atoms with Crippen LogP contribution in [0.25, 0.3) is 94.3 Å². The Morgan fingerprint density at radius 2 is 0.625 bits per heavy atom. The van der Waals surface area contributed by atoms with Crippen molar-refractivity contribution >= 4 is 79.0 Å². The van der Waals surface area contributed by atoms with Crippen molar-refractivity contribution in [3.63, 3.8) is 0 Å². The molecule has 0 fully saturated rings. The molecule has 0 unspecified atom stereocenters. The zero-order chi connectivity index (χ0) is 62.5. The van der Waals surface area contributed by atoms with E-state index in [0.717, 1.165) is 34.1 Å². The highest BCUT2D eigenvalue weighted by atomic mass is 15.2. The van der Waals surface area contributed by atoms with E-state index in [4.69, 9.17) is 0 Å². The Labute approximate surface area is 557 Å². The fourth-order valence-corrected chi connectivity index (χ4v) is 19.0. The van der Waals surface area contributed by atoms with Gasteiger partial charge in [-0.1, -0.05) is 279 Å². The molecule has 0 bridgehead atoms. The molecule has 3 heterocycles. The van der Waals surface area contributed by atoms with Gasteiger partial charge in [0.25, 0.3) is 6.71 Å². The Morgan fingerprint density at radius 1 is 0.229 bits per heavy atom. The van der Waals surface area contributed by atoms with Crippen molar-refractivity contribution in [1.82, 2.24) is 4.57 Å². The number of nitrogens with zero attached hydrogens (tertiary/aromatic N) is 3. The third-order valence-corrected chi connectivity index (χ3v) is 22.6. The molecule has 1 aromatic heterocycles. The van der Waals surface area contributed by atoms with Gasteiger partial charge in [0.1, 0.15) is 0 Å². The number of benzene rings is 15. The van der Waals surface area contributed by atoms with Crippen LogP contribution in [0.4, 0.5) is 34.1 Å². The fourth-order valence-electron chi connectivity index (χ4n) is 19.0. The first-order valence-corrected chi connectivity index (χ1v) is 33.7. The molecule has 0 saturated carbocycles. The van der Waals surface area contributed by atoms with Gasteiger partial charge < -0.3 is 14.4 Å². The number of fused-ring (bicyclic) bond motifs is 28. The van der Waals surface area contributed by atoms with Gasteiger partial charge in [0.15, 0.2) is 0 Å². The molecule has 0 saturated heterocycles. The molecule has 96 heavy (non-hydrogen) atoms. The highest BCUT2D eigenvalue weighted by Gasteiger charge is 2.57. The van der Waals surface area contributed by atoms with E-state index in [1.54, 1.807) is 0 Å². The Morgan fingerprint density at radius 3 is 1.17 bits per heavy atom. The molecule has 442 valence electrons. The molecule has 3 nitrogen and oxygen atoms in total. The van der Waals surface area contributed by atoms with E-state index >= 15 is 0 Å². The Kier molecular flexibility index (Phi) is 10.5. The lowest BCUT2D eigenvalue weighted by Crippen LogP contribution is -2.63. The minimum Gasteiger partial charge on any atom is -0.311 e. The first kappa shape index (κ1) is 52.3. The number of hydrogen-bond donors (Lipinski definition) is 0. The molecule has 0 atom stereocenters. The summed E-state index contributed by atoms with van der Waals surface area (Å²) in [5.41, 5.74) is 38.7. The van der Waals surface area contributed by atoms with Crippen LogP contribution in [0.2, 0.25) is 0 Å². The van der Waals surface area contributed by atoms with Crippen molar-refractivity contribution in [3.8, 4) is 72.4 Å². The Hall–Kier alpha value is -12.2. The normalized spacial score (nSPS) is 14.4.